The van der Waals surface area contributed by atoms with Crippen LogP contribution in [0.3, 0.4) is 0 Å². The lowest BCUT2D eigenvalue weighted by atomic mass is 9.97. The first-order valence-electron chi connectivity index (χ1n) is 6.94. The standard InChI is InChI=1S/C13H21NO8/c1-6(15)14-22-11-10(19-7(2)16)9-8(20-12(11)17)5-18-13(3,4)21-9/h8-12,17H,5H2,1-4H3,(H,14,15)/t8-,9-,10+,11-,12?/m1/s1. The maximum Gasteiger partial charge on any atom is 0.303 e. The molecular weight excluding hydrogens is 298 g/mol. The number of carbonyl (C=O) groups excluding carboxylic acids is 2. The molecule has 9 nitrogen and oxygen atoms in total. The minimum atomic E-state index is -1.41. The molecule has 0 saturated carbocycles. The molecule has 2 N–H and O–H groups in total. The fraction of sp³-hybridized carbons (Fsp3) is 0.846. The Morgan fingerprint density at radius 1 is 1.27 bits per heavy atom. The lowest BCUT2D eigenvalue weighted by Crippen LogP contribution is -2.66. The number of aliphatic hydroxyl groups excluding tert-OH is 1. The Morgan fingerprint density at radius 2 is 1.95 bits per heavy atom. The first kappa shape index (κ1) is 17.1. The van der Waals surface area contributed by atoms with Crippen LogP contribution < -0.4 is 5.48 Å². The van der Waals surface area contributed by atoms with E-state index >= 15 is 0 Å². The third-order valence-electron chi connectivity index (χ3n) is 3.27. The number of hydrogen-bond donors (Lipinski definition) is 2. The van der Waals surface area contributed by atoms with Gasteiger partial charge >= 0.3 is 5.97 Å². The SMILES string of the molecule is CC(=O)NO[C@H]1C(O)O[C@@H]2COC(C)(C)O[C@H]2[C@@H]1OC(C)=O. The van der Waals surface area contributed by atoms with Crippen molar-refractivity contribution in [1.82, 2.24) is 5.48 Å². The highest BCUT2D eigenvalue weighted by Gasteiger charge is 2.53. The summed E-state index contributed by atoms with van der Waals surface area (Å²) in [7, 11) is 0. The summed E-state index contributed by atoms with van der Waals surface area (Å²) in [6.07, 6.45) is -4.81. The van der Waals surface area contributed by atoms with Crippen LogP contribution in [0.5, 0.6) is 0 Å². The molecule has 2 aliphatic rings. The smallest absolute Gasteiger partial charge is 0.303 e. The maximum absolute atomic E-state index is 11.4. The Hall–Kier alpha value is -1.26. The van der Waals surface area contributed by atoms with Gasteiger partial charge in [0.15, 0.2) is 24.3 Å². The second-order valence-corrected chi connectivity index (χ2v) is 5.67. The van der Waals surface area contributed by atoms with Crippen LogP contribution in [0, 0.1) is 0 Å². The zero-order chi connectivity index (χ0) is 16.5. The molecule has 0 aliphatic carbocycles. The summed E-state index contributed by atoms with van der Waals surface area (Å²) in [5.41, 5.74) is 2.11. The predicted octanol–water partition coefficient (Wildman–Crippen LogP) is -0.777. The number of esters is 1. The van der Waals surface area contributed by atoms with E-state index in [0.29, 0.717) is 0 Å². The van der Waals surface area contributed by atoms with Gasteiger partial charge in [-0.25, -0.2) is 5.48 Å². The summed E-state index contributed by atoms with van der Waals surface area (Å²) < 4.78 is 21.8. The van der Waals surface area contributed by atoms with E-state index in [1.165, 1.54) is 13.8 Å². The highest BCUT2D eigenvalue weighted by atomic mass is 16.8. The molecule has 9 heteroatoms. The number of ether oxygens (including phenoxy) is 4. The molecule has 0 aromatic carbocycles. The molecule has 0 aromatic rings. The summed E-state index contributed by atoms with van der Waals surface area (Å²) >= 11 is 0. The molecule has 1 amide bonds. The molecule has 2 fully saturated rings. The average Bonchev–Trinajstić information content (AvgIpc) is 2.37. The molecule has 22 heavy (non-hydrogen) atoms. The fourth-order valence-electron chi connectivity index (χ4n) is 2.42. The Labute approximate surface area is 127 Å². The topological polar surface area (TPSA) is 113 Å². The summed E-state index contributed by atoms with van der Waals surface area (Å²) in [6.45, 7) is 6.06. The highest BCUT2D eigenvalue weighted by molar-refractivity contribution is 5.71. The van der Waals surface area contributed by atoms with Crippen LogP contribution in [-0.4, -0.2) is 60.1 Å². The lowest BCUT2D eigenvalue weighted by molar-refractivity contribution is -0.383. The van der Waals surface area contributed by atoms with Gasteiger partial charge in [-0.3, -0.25) is 14.4 Å². The van der Waals surface area contributed by atoms with Crippen molar-refractivity contribution in [2.75, 3.05) is 6.61 Å². The predicted molar refractivity (Wildman–Crippen MR) is 70.0 cm³/mol. The Bertz CT molecular complexity index is 440. The van der Waals surface area contributed by atoms with Crippen molar-refractivity contribution in [3.05, 3.63) is 0 Å². The molecular formula is C13H21NO8. The quantitative estimate of drug-likeness (QED) is 0.515. The van der Waals surface area contributed by atoms with Gasteiger partial charge in [-0.05, 0) is 13.8 Å². The van der Waals surface area contributed by atoms with Gasteiger partial charge in [-0.2, -0.15) is 0 Å². The second kappa shape index (κ2) is 6.47. The van der Waals surface area contributed by atoms with E-state index in [9.17, 15) is 14.7 Å². The third-order valence-corrected chi connectivity index (χ3v) is 3.27. The van der Waals surface area contributed by atoms with E-state index in [1.54, 1.807) is 13.8 Å². The number of hydrogen-bond acceptors (Lipinski definition) is 8. The number of aliphatic hydroxyl groups is 1. The first-order valence-corrected chi connectivity index (χ1v) is 6.94. The molecule has 2 saturated heterocycles. The summed E-state index contributed by atoms with van der Waals surface area (Å²) in [6, 6.07) is 0. The van der Waals surface area contributed by atoms with E-state index in [1.807, 2.05) is 0 Å². The van der Waals surface area contributed by atoms with Crippen molar-refractivity contribution in [3.63, 3.8) is 0 Å². The van der Waals surface area contributed by atoms with Gasteiger partial charge in [0.2, 0.25) is 5.91 Å². The van der Waals surface area contributed by atoms with Crippen molar-refractivity contribution < 1.29 is 38.5 Å². The Kier molecular flexibility index (Phi) is 5.03. The van der Waals surface area contributed by atoms with Crippen molar-refractivity contribution in [2.24, 2.45) is 0 Å². The molecule has 0 spiro atoms. The van der Waals surface area contributed by atoms with Gasteiger partial charge in [0.05, 0.1) is 6.61 Å². The molecule has 2 aliphatic heterocycles. The minimum Gasteiger partial charge on any atom is -0.457 e. The Morgan fingerprint density at radius 3 is 2.55 bits per heavy atom. The number of nitrogens with one attached hydrogen (secondary N) is 1. The third kappa shape index (κ3) is 3.93. The van der Waals surface area contributed by atoms with E-state index in [4.69, 9.17) is 23.8 Å². The lowest BCUT2D eigenvalue weighted by Gasteiger charge is -2.49. The maximum atomic E-state index is 11.4. The van der Waals surface area contributed by atoms with Crippen molar-refractivity contribution in [3.8, 4) is 0 Å². The fourth-order valence-corrected chi connectivity index (χ4v) is 2.42. The summed E-state index contributed by atoms with van der Waals surface area (Å²) in [4.78, 5) is 27.5. The monoisotopic (exact) mass is 319 g/mol. The average molecular weight is 319 g/mol. The molecule has 5 atom stereocenters. The largest absolute Gasteiger partial charge is 0.457 e. The minimum absolute atomic E-state index is 0.166. The molecule has 1 unspecified atom stereocenters. The molecule has 126 valence electrons. The van der Waals surface area contributed by atoms with Gasteiger partial charge < -0.3 is 24.1 Å². The van der Waals surface area contributed by atoms with Crippen LogP contribution >= 0.6 is 0 Å². The second-order valence-electron chi connectivity index (χ2n) is 5.67. The zero-order valence-electron chi connectivity index (χ0n) is 12.9. The van der Waals surface area contributed by atoms with Crippen LogP contribution in [0.2, 0.25) is 0 Å². The van der Waals surface area contributed by atoms with Crippen LogP contribution in [0.15, 0.2) is 0 Å². The van der Waals surface area contributed by atoms with E-state index in [2.05, 4.69) is 5.48 Å². The van der Waals surface area contributed by atoms with Gasteiger partial charge in [-0.1, -0.05) is 0 Å². The molecule has 2 rings (SSSR count). The zero-order valence-corrected chi connectivity index (χ0v) is 12.9. The van der Waals surface area contributed by atoms with Gasteiger partial charge in [0.1, 0.15) is 12.2 Å². The number of hydroxylamine groups is 1. The van der Waals surface area contributed by atoms with Crippen LogP contribution in [0.1, 0.15) is 27.7 Å². The number of amides is 1. The number of fused-ring (bicyclic) bond motifs is 1. The van der Waals surface area contributed by atoms with Gasteiger partial charge in [0, 0.05) is 13.8 Å². The summed E-state index contributed by atoms with van der Waals surface area (Å²) in [5, 5.41) is 10.0. The van der Waals surface area contributed by atoms with Crippen LogP contribution in [-0.2, 0) is 33.4 Å². The van der Waals surface area contributed by atoms with Crippen LogP contribution in [0.25, 0.3) is 0 Å². The summed E-state index contributed by atoms with van der Waals surface area (Å²) in [5.74, 6) is -1.93. The number of carbonyl (C=O) groups is 2. The van der Waals surface area contributed by atoms with Gasteiger partial charge in [0.25, 0.3) is 0 Å². The first-order chi connectivity index (χ1) is 10.2. The van der Waals surface area contributed by atoms with Crippen LogP contribution in [0.4, 0.5) is 0 Å². The molecule has 0 radical (unpaired) electrons. The molecule has 0 bridgehead atoms. The normalized spacial score (nSPS) is 37.0. The van der Waals surface area contributed by atoms with E-state index in [0.717, 1.165) is 0 Å². The van der Waals surface area contributed by atoms with E-state index in [-0.39, 0.29) is 6.61 Å². The van der Waals surface area contributed by atoms with E-state index < -0.39 is 48.4 Å². The van der Waals surface area contributed by atoms with Crippen molar-refractivity contribution >= 4 is 11.9 Å². The van der Waals surface area contributed by atoms with Crippen molar-refractivity contribution in [2.45, 2.75) is 64.2 Å². The highest BCUT2D eigenvalue weighted by Crippen LogP contribution is 2.34. The Balaban J connectivity index is 2.20. The number of rotatable bonds is 3. The van der Waals surface area contributed by atoms with Gasteiger partial charge in [-0.15, -0.1) is 0 Å². The van der Waals surface area contributed by atoms with Crippen molar-refractivity contribution in [1.29, 1.82) is 0 Å². The molecule has 2 heterocycles. The molecule has 0 aromatic heterocycles.